The van der Waals surface area contributed by atoms with Crippen molar-refractivity contribution in [3.05, 3.63) is 76.0 Å². The lowest BCUT2D eigenvalue weighted by Crippen LogP contribution is -1.99. The molecule has 1 N–H and O–H groups in total. The summed E-state index contributed by atoms with van der Waals surface area (Å²) in [5.41, 5.74) is 1.96. The van der Waals surface area contributed by atoms with Crippen LogP contribution in [0, 0.1) is 10.1 Å². The van der Waals surface area contributed by atoms with Crippen LogP contribution in [0.1, 0.15) is 15.9 Å². The van der Waals surface area contributed by atoms with E-state index in [0.29, 0.717) is 11.9 Å². The van der Waals surface area contributed by atoms with Gasteiger partial charge < -0.3 is 9.67 Å². The monoisotopic (exact) mass is 296 g/mol. The lowest BCUT2D eigenvalue weighted by molar-refractivity contribution is -0.384. The van der Waals surface area contributed by atoms with Crippen molar-refractivity contribution in [3.8, 4) is 0 Å². The standard InChI is InChI=1S/C16H12N2O4/c19-16(20)14-10-17(15-4-2-1-3-13(14)15)9-11-5-7-12(8-6-11)18(21)22/h1-8,10H,9H2,(H,19,20). The minimum Gasteiger partial charge on any atom is -0.478 e. The van der Waals surface area contributed by atoms with Crippen LogP contribution in [0.5, 0.6) is 0 Å². The molecule has 3 rings (SSSR count). The third kappa shape index (κ3) is 2.42. The van der Waals surface area contributed by atoms with Crippen molar-refractivity contribution in [1.82, 2.24) is 4.57 Å². The number of fused-ring (bicyclic) bond motifs is 1. The van der Waals surface area contributed by atoms with E-state index in [-0.39, 0.29) is 11.3 Å². The second-order valence-corrected chi connectivity index (χ2v) is 4.92. The normalized spacial score (nSPS) is 10.7. The van der Waals surface area contributed by atoms with E-state index in [1.54, 1.807) is 30.5 Å². The number of non-ortho nitro benzene ring substituents is 1. The fourth-order valence-corrected chi connectivity index (χ4v) is 2.47. The maximum atomic E-state index is 11.3. The number of hydrogen-bond donors (Lipinski definition) is 1. The molecule has 0 aliphatic carbocycles. The van der Waals surface area contributed by atoms with Crippen LogP contribution < -0.4 is 0 Å². The number of para-hydroxylation sites is 1. The largest absolute Gasteiger partial charge is 0.478 e. The van der Waals surface area contributed by atoms with Gasteiger partial charge in [0.15, 0.2) is 0 Å². The van der Waals surface area contributed by atoms with Crippen molar-refractivity contribution in [2.24, 2.45) is 0 Å². The maximum absolute atomic E-state index is 11.3. The first kappa shape index (κ1) is 13.8. The molecule has 0 aliphatic heterocycles. The summed E-state index contributed by atoms with van der Waals surface area (Å²) in [5, 5.41) is 20.6. The second-order valence-electron chi connectivity index (χ2n) is 4.92. The van der Waals surface area contributed by atoms with Crippen molar-refractivity contribution >= 4 is 22.6 Å². The van der Waals surface area contributed by atoms with E-state index in [4.69, 9.17) is 0 Å². The van der Waals surface area contributed by atoms with Gasteiger partial charge in [-0.1, -0.05) is 30.3 Å². The summed E-state index contributed by atoms with van der Waals surface area (Å²) in [4.78, 5) is 21.5. The third-order valence-corrected chi connectivity index (χ3v) is 3.52. The molecule has 0 aliphatic rings. The first-order valence-corrected chi connectivity index (χ1v) is 6.61. The molecule has 2 aromatic carbocycles. The summed E-state index contributed by atoms with van der Waals surface area (Å²) in [5.74, 6) is -0.973. The number of hydrogen-bond acceptors (Lipinski definition) is 3. The lowest BCUT2D eigenvalue weighted by Gasteiger charge is -2.05. The van der Waals surface area contributed by atoms with Gasteiger partial charge in [0.1, 0.15) is 0 Å². The van der Waals surface area contributed by atoms with Crippen LogP contribution in [0.2, 0.25) is 0 Å². The van der Waals surface area contributed by atoms with E-state index in [0.717, 1.165) is 11.1 Å². The van der Waals surface area contributed by atoms with Crippen molar-refractivity contribution in [2.45, 2.75) is 6.54 Å². The molecule has 0 unspecified atom stereocenters. The Morgan fingerprint density at radius 2 is 1.82 bits per heavy atom. The van der Waals surface area contributed by atoms with Gasteiger partial charge in [-0.15, -0.1) is 0 Å². The molecular weight excluding hydrogens is 284 g/mol. The highest BCUT2D eigenvalue weighted by atomic mass is 16.6. The van der Waals surface area contributed by atoms with Crippen molar-refractivity contribution in [1.29, 1.82) is 0 Å². The van der Waals surface area contributed by atoms with Crippen LogP contribution in [-0.2, 0) is 6.54 Å². The Kier molecular flexibility index (Phi) is 3.34. The zero-order chi connectivity index (χ0) is 15.7. The highest BCUT2D eigenvalue weighted by Crippen LogP contribution is 2.23. The molecule has 0 spiro atoms. The predicted octanol–water partition coefficient (Wildman–Crippen LogP) is 3.30. The van der Waals surface area contributed by atoms with E-state index in [1.807, 2.05) is 16.7 Å². The topological polar surface area (TPSA) is 85.4 Å². The third-order valence-electron chi connectivity index (χ3n) is 3.52. The molecular formula is C16H12N2O4. The molecule has 0 amide bonds. The van der Waals surface area contributed by atoms with Crippen LogP contribution in [0.25, 0.3) is 10.9 Å². The summed E-state index contributed by atoms with van der Waals surface area (Å²) in [7, 11) is 0. The molecule has 6 nitrogen and oxygen atoms in total. The van der Waals surface area contributed by atoms with Crippen LogP contribution in [-0.4, -0.2) is 20.6 Å². The van der Waals surface area contributed by atoms with Crippen molar-refractivity contribution < 1.29 is 14.8 Å². The summed E-state index contributed by atoms with van der Waals surface area (Å²) in [6, 6.07) is 13.5. The van der Waals surface area contributed by atoms with Crippen LogP contribution in [0.15, 0.2) is 54.7 Å². The quantitative estimate of drug-likeness (QED) is 0.591. The zero-order valence-electron chi connectivity index (χ0n) is 11.5. The van der Waals surface area contributed by atoms with Gasteiger partial charge in [0, 0.05) is 35.8 Å². The minimum atomic E-state index is -0.973. The molecule has 3 aromatic rings. The Balaban J connectivity index is 2.00. The predicted molar refractivity (Wildman–Crippen MR) is 81.1 cm³/mol. The summed E-state index contributed by atoms with van der Waals surface area (Å²) < 4.78 is 1.83. The highest BCUT2D eigenvalue weighted by Gasteiger charge is 2.14. The number of aromatic carboxylic acids is 1. The Labute approximate surface area is 125 Å². The molecule has 22 heavy (non-hydrogen) atoms. The van der Waals surface area contributed by atoms with Gasteiger partial charge in [-0.05, 0) is 11.6 Å². The molecule has 0 saturated carbocycles. The van der Waals surface area contributed by atoms with Crippen LogP contribution >= 0.6 is 0 Å². The van der Waals surface area contributed by atoms with Gasteiger partial charge in [-0.2, -0.15) is 0 Å². The van der Waals surface area contributed by atoms with E-state index >= 15 is 0 Å². The molecule has 6 heteroatoms. The molecule has 0 atom stereocenters. The SMILES string of the molecule is O=C(O)c1cn(Cc2ccc([N+](=O)[O-])cc2)c2ccccc12. The second kappa shape index (κ2) is 5.33. The number of rotatable bonds is 4. The van der Waals surface area contributed by atoms with Gasteiger partial charge in [-0.3, -0.25) is 10.1 Å². The zero-order valence-corrected chi connectivity index (χ0v) is 11.5. The molecule has 1 aromatic heterocycles. The number of nitro groups is 1. The molecule has 1 heterocycles. The van der Waals surface area contributed by atoms with Gasteiger partial charge in [0.2, 0.25) is 0 Å². The van der Waals surface area contributed by atoms with E-state index < -0.39 is 10.9 Å². The molecule has 0 radical (unpaired) electrons. The number of nitro benzene ring substituents is 1. The number of carbonyl (C=O) groups is 1. The Bertz CT molecular complexity index is 865. The van der Waals surface area contributed by atoms with Crippen LogP contribution in [0.4, 0.5) is 5.69 Å². The van der Waals surface area contributed by atoms with Gasteiger partial charge in [-0.25, -0.2) is 4.79 Å². The maximum Gasteiger partial charge on any atom is 0.337 e. The van der Waals surface area contributed by atoms with Gasteiger partial charge >= 0.3 is 5.97 Å². The Morgan fingerprint density at radius 3 is 2.45 bits per heavy atom. The van der Waals surface area contributed by atoms with E-state index in [2.05, 4.69) is 0 Å². The fourth-order valence-electron chi connectivity index (χ4n) is 2.47. The minimum absolute atomic E-state index is 0.0346. The first-order valence-electron chi connectivity index (χ1n) is 6.61. The highest BCUT2D eigenvalue weighted by molar-refractivity contribution is 6.03. The van der Waals surface area contributed by atoms with E-state index in [9.17, 15) is 20.0 Å². The summed E-state index contributed by atoms with van der Waals surface area (Å²) in [6.45, 7) is 0.450. The smallest absolute Gasteiger partial charge is 0.337 e. The summed E-state index contributed by atoms with van der Waals surface area (Å²) >= 11 is 0. The molecule has 0 saturated heterocycles. The van der Waals surface area contributed by atoms with Crippen molar-refractivity contribution in [2.75, 3.05) is 0 Å². The first-order chi connectivity index (χ1) is 10.6. The lowest BCUT2D eigenvalue weighted by atomic mass is 10.2. The number of benzene rings is 2. The molecule has 0 fully saturated rings. The Morgan fingerprint density at radius 1 is 1.14 bits per heavy atom. The van der Waals surface area contributed by atoms with Crippen molar-refractivity contribution in [3.63, 3.8) is 0 Å². The van der Waals surface area contributed by atoms with Gasteiger partial charge in [0.25, 0.3) is 5.69 Å². The van der Waals surface area contributed by atoms with E-state index in [1.165, 1.54) is 12.1 Å². The number of carboxylic acid groups (broad SMARTS) is 1. The van der Waals surface area contributed by atoms with Crippen LogP contribution in [0.3, 0.4) is 0 Å². The van der Waals surface area contributed by atoms with Gasteiger partial charge in [0.05, 0.1) is 10.5 Å². The number of nitrogens with zero attached hydrogens (tertiary/aromatic N) is 2. The molecule has 110 valence electrons. The average molecular weight is 296 g/mol. The number of aromatic nitrogens is 1. The fraction of sp³-hybridized carbons (Fsp3) is 0.0625. The average Bonchev–Trinajstić information content (AvgIpc) is 2.87. The summed E-state index contributed by atoms with van der Waals surface area (Å²) in [6.07, 6.45) is 1.59. The molecule has 0 bridgehead atoms. The Hall–Kier alpha value is -3.15. The number of carboxylic acids is 1.